The third-order valence-electron chi connectivity index (χ3n) is 4.21. The molecule has 0 aliphatic heterocycles. The van der Waals surface area contributed by atoms with E-state index in [2.05, 4.69) is 37.4 Å². The molecular formula is C18H26N2O. The van der Waals surface area contributed by atoms with Gasteiger partial charge in [-0.1, -0.05) is 38.5 Å². The van der Waals surface area contributed by atoms with Crippen molar-refractivity contribution in [2.45, 2.75) is 59.9 Å². The van der Waals surface area contributed by atoms with Gasteiger partial charge in [0.05, 0.1) is 12.5 Å². The van der Waals surface area contributed by atoms with Crippen LogP contribution in [0, 0.1) is 31.1 Å². The minimum absolute atomic E-state index is 0.0659. The summed E-state index contributed by atoms with van der Waals surface area (Å²) in [7, 11) is 0. The molecule has 1 amide bonds. The fraction of sp³-hybridized carbons (Fsp3) is 0.556. The molecule has 0 bridgehead atoms. The molecule has 1 aromatic rings. The zero-order chi connectivity index (χ0) is 16.2. The molecule has 0 spiro atoms. The molecule has 21 heavy (non-hydrogen) atoms. The Labute approximate surface area is 128 Å². The lowest BCUT2D eigenvalue weighted by molar-refractivity contribution is -0.122. The summed E-state index contributed by atoms with van der Waals surface area (Å²) in [6.45, 7) is 11.9. The van der Waals surface area contributed by atoms with Crippen molar-refractivity contribution >= 4 is 5.91 Å². The van der Waals surface area contributed by atoms with Crippen molar-refractivity contribution in [3.05, 3.63) is 34.4 Å². The van der Waals surface area contributed by atoms with Crippen molar-refractivity contribution in [2.24, 2.45) is 5.92 Å². The second-order valence-electron chi connectivity index (χ2n) is 6.27. The quantitative estimate of drug-likeness (QED) is 0.901. The van der Waals surface area contributed by atoms with Crippen LogP contribution in [0.15, 0.2) is 12.1 Å². The number of hydrogen-bond acceptors (Lipinski definition) is 2. The predicted octanol–water partition coefficient (Wildman–Crippen LogP) is 3.46. The van der Waals surface area contributed by atoms with E-state index in [4.69, 9.17) is 0 Å². The Morgan fingerprint density at radius 1 is 1.38 bits per heavy atom. The van der Waals surface area contributed by atoms with Crippen molar-refractivity contribution in [1.29, 1.82) is 5.26 Å². The van der Waals surface area contributed by atoms with E-state index in [9.17, 15) is 10.1 Å². The number of aryl methyl sites for hydroxylation is 3. The molecule has 1 aromatic carbocycles. The van der Waals surface area contributed by atoms with E-state index in [0.717, 1.165) is 17.5 Å². The van der Waals surface area contributed by atoms with E-state index in [1.165, 1.54) is 11.1 Å². The van der Waals surface area contributed by atoms with Crippen LogP contribution < -0.4 is 5.32 Å². The standard InChI is InChI=1S/C18H26N2O/c1-7-15-9-13(4)8-14(5)16(15)10-17(21)20-18(6,11-19)12(2)3/h8-9,12H,7,10H2,1-6H3,(H,20,21). The zero-order valence-electron chi connectivity index (χ0n) is 14.0. The minimum Gasteiger partial charge on any atom is -0.338 e. The van der Waals surface area contributed by atoms with Gasteiger partial charge in [0.1, 0.15) is 5.54 Å². The summed E-state index contributed by atoms with van der Waals surface area (Å²) in [6, 6.07) is 6.46. The number of carbonyl (C=O) groups is 1. The average Bonchev–Trinajstić information content (AvgIpc) is 2.40. The minimum atomic E-state index is -0.817. The van der Waals surface area contributed by atoms with Crippen LogP contribution >= 0.6 is 0 Å². The number of nitriles is 1. The molecule has 0 saturated heterocycles. The molecule has 0 aromatic heterocycles. The summed E-state index contributed by atoms with van der Waals surface area (Å²) in [6.07, 6.45) is 1.24. The van der Waals surface area contributed by atoms with Gasteiger partial charge in [-0.3, -0.25) is 4.79 Å². The monoisotopic (exact) mass is 286 g/mol. The molecule has 0 radical (unpaired) electrons. The lowest BCUT2D eigenvalue weighted by Gasteiger charge is -2.27. The number of amides is 1. The SMILES string of the molecule is CCc1cc(C)cc(C)c1CC(=O)NC(C)(C#N)C(C)C. The summed E-state index contributed by atoms with van der Waals surface area (Å²) in [5.74, 6) is -0.0226. The van der Waals surface area contributed by atoms with Crippen LogP contribution in [0.25, 0.3) is 0 Å². The highest BCUT2D eigenvalue weighted by Gasteiger charge is 2.30. The second-order valence-corrected chi connectivity index (χ2v) is 6.27. The lowest BCUT2D eigenvalue weighted by atomic mass is 9.89. The molecule has 1 unspecified atom stereocenters. The first-order valence-corrected chi connectivity index (χ1v) is 7.54. The van der Waals surface area contributed by atoms with E-state index in [1.54, 1.807) is 6.92 Å². The maximum absolute atomic E-state index is 12.3. The highest BCUT2D eigenvalue weighted by molar-refractivity contribution is 5.80. The summed E-state index contributed by atoms with van der Waals surface area (Å²) in [4.78, 5) is 12.3. The van der Waals surface area contributed by atoms with Crippen molar-refractivity contribution in [3.63, 3.8) is 0 Å². The Bertz CT molecular complexity index is 569. The first-order valence-electron chi connectivity index (χ1n) is 7.54. The highest BCUT2D eigenvalue weighted by Crippen LogP contribution is 2.20. The Kier molecular flexibility index (Phi) is 5.54. The molecule has 0 heterocycles. The third-order valence-corrected chi connectivity index (χ3v) is 4.21. The van der Waals surface area contributed by atoms with Gasteiger partial charge in [0, 0.05) is 0 Å². The fourth-order valence-corrected chi connectivity index (χ4v) is 2.45. The molecule has 114 valence electrons. The number of nitrogens with one attached hydrogen (secondary N) is 1. The summed E-state index contributed by atoms with van der Waals surface area (Å²) < 4.78 is 0. The molecule has 1 rings (SSSR count). The van der Waals surface area contributed by atoms with Crippen LogP contribution in [-0.2, 0) is 17.6 Å². The molecule has 3 nitrogen and oxygen atoms in total. The molecule has 1 N–H and O–H groups in total. The number of rotatable bonds is 5. The maximum atomic E-state index is 12.3. The van der Waals surface area contributed by atoms with Gasteiger partial charge in [-0.05, 0) is 49.8 Å². The lowest BCUT2D eigenvalue weighted by Crippen LogP contribution is -2.49. The number of benzene rings is 1. The molecule has 3 heteroatoms. The number of hydrogen-bond donors (Lipinski definition) is 1. The first-order chi connectivity index (χ1) is 9.73. The zero-order valence-corrected chi connectivity index (χ0v) is 14.0. The Balaban J connectivity index is 2.97. The largest absolute Gasteiger partial charge is 0.338 e. The van der Waals surface area contributed by atoms with Crippen molar-refractivity contribution in [2.75, 3.05) is 0 Å². The Hall–Kier alpha value is -1.82. The Morgan fingerprint density at radius 3 is 2.48 bits per heavy atom. The number of nitrogens with zero attached hydrogens (tertiary/aromatic N) is 1. The fourth-order valence-electron chi connectivity index (χ4n) is 2.45. The molecular weight excluding hydrogens is 260 g/mol. The van der Waals surface area contributed by atoms with Gasteiger partial charge >= 0.3 is 0 Å². The maximum Gasteiger partial charge on any atom is 0.225 e. The van der Waals surface area contributed by atoms with Gasteiger partial charge < -0.3 is 5.32 Å². The van der Waals surface area contributed by atoms with Crippen LogP contribution in [0.4, 0.5) is 0 Å². The van der Waals surface area contributed by atoms with E-state index in [-0.39, 0.29) is 11.8 Å². The van der Waals surface area contributed by atoms with Crippen molar-refractivity contribution in [3.8, 4) is 6.07 Å². The Morgan fingerprint density at radius 2 is 2.00 bits per heavy atom. The van der Waals surface area contributed by atoms with Gasteiger partial charge in [0.2, 0.25) is 5.91 Å². The molecule has 0 aliphatic carbocycles. The summed E-state index contributed by atoms with van der Waals surface area (Å²) >= 11 is 0. The van der Waals surface area contributed by atoms with Crippen LogP contribution in [0.2, 0.25) is 0 Å². The smallest absolute Gasteiger partial charge is 0.225 e. The van der Waals surface area contributed by atoms with E-state index in [0.29, 0.717) is 6.42 Å². The van der Waals surface area contributed by atoms with E-state index < -0.39 is 5.54 Å². The topological polar surface area (TPSA) is 52.9 Å². The summed E-state index contributed by atoms with van der Waals surface area (Å²) in [5, 5.41) is 12.2. The van der Waals surface area contributed by atoms with Crippen molar-refractivity contribution in [1.82, 2.24) is 5.32 Å². The predicted molar refractivity (Wildman–Crippen MR) is 86.0 cm³/mol. The van der Waals surface area contributed by atoms with Gasteiger partial charge in [-0.25, -0.2) is 0 Å². The van der Waals surface area contributed by atoms with E-state index in [1.807, 2.05) is 20.8 Å². The first kappa shape index (κ1) is 17.2. The van der Waals surface area contributed by atoms with Crippen LogP contribution in [0.3, 0.4) is 0 Å². The van der Waals surface area contributed by atoms with Crippen LogP contribution in [-0.4, -0.2) is 11.4 Å². The average molecular weight is 286 g/mol. The van der Waals surface area contributed by atoms with Gasteiger partial charge in [-0.2, -0.15) is 5.26 Å². The van der Waals surface area contributed by atoms with Gasteiger partial charge in [0.15, 0.2) is 0 Å². The highest BCUT2D eigenvalue weighted by atomic mass is 16.1. The van der Waals surface area contributed by atoms with Crippen LogP contribution in [0.1, 0.15) is 49.9 Å². The van der Waals surface area contributed by atoms with Crippen molar-refractivity contribution < 1.29 is 4.79 Å². The van der Waals surface area contributed by atoms with E-state index >= 15 is 0 Å². The molecule has 0 fully saturated rings. The second kappa shape index (κ2) is 6.76. The third kappa shape index (κ3) is 4.07. The summed E-state index contributed by atoms with van der Waals surface area (Å²) in [5.41, 5.74) is 3.85. The normalized spacial score (nSPS) is 13.6. The van der Waals surface area contributed by atoms with Gasteiger partial charge in [0.25, 0.3) is 0 Å². The van der Waals surface area contributed by atoms with Gasteiger partial charge in [-0.15, -0.1) is 0 Å². The molecule has 0 saturated carbocycles. The molecule has 0 aliphatic rings. The number of carbonyl (C=O) groups excluding carboxylic acids is 1. The molecule has 1 atom stereocenters. The van der Waals surface area contributed by atoms with Crippen LogP contribution in [0.5, 0.6) is 0 Å².